The van der Waals surface area contributed by atoms with Gasteiger partial charge in [-0.05, 0) is 19.2 Å². The summed E-state index contributed by atoms with van der Waals surface area (Å²) >= 11 is 0. The topological polar surface area (TPSA) is 81.0 Å². The van der Waals surface area contributed by atoms with Crippen LogP contribution in [0.4, 0.5) is 0 Å². The molecule has 96 valence electrons. The number of carboxylic acid groups (broad SMARTS) is 1. The maximum absolute atomic E-state index is 10.2. The van der Waals surface area contributed by atoms with Gasteiger partial charge in [0.2, 0.25) is 0 Å². The van der Waals surface area contributed by atoms with E-state index in [9.17, 15) is 4.79 Å². The van der Waals surface area contributed by atoms with Crippen molar-refractivity contribution in [1.29, 1.82) is 0 Å². The van der Waals surface area contributed by atoms with E-state index in [1.807, 2.05) is 11.9 Å². The molecule has 0 unspecified atom stereocenters. The number of benzene rings is 1. The minimum absolute atomic E-state index is 0.163. The molecular weight excluding hydrogens is 222 g/mol. The summed E-state index contributed by atoms with van der Waals surface area (Å²) in [5, 5.41) is 25.1. The van der Waals surface area contributed by atoms with E-state index in [2.05, 4.69) is 0 Å². The smallest absolute Gasteiger partial charge is 0.335 e. The molecule has 0 radical (unpaired) electrons. The van der Waals surface area contributed by atoms with Gasteiger partial charge in [-0.1, -0.05) is 18.2 Å². The summed E-state index contributed by atoms with van der Waals surface area (Å²) in [5.41, 5.74) is 0.331. The molecule has 3 N–H and O–H groups in total. The highest BCUT2D eigenvalue weighted by atomic mass is 16.4. The lowest BCUT2D eigenvalue weighted by molar-refractivity contribution is 0.0697. The Bertz CT molecular complexity index is 297. The SMILES string of the molecule is CN(CCO)CCO.O=C(O)c1ccccc1. The molecule has 0 atom stereocenters. The van der Waals surface area contributed by atoms with Gasteiger partial charge < -0.3 is 20.2 Å². The average molecular weight is 241 g/mol. The summed E-state index contributed by atoms with van der Waals surface area (Å²) in [7, 11) is 1.85. The number of rotatable bonds is 5. The number of aromatic carboxylic acids is 1. The molecule has 1 aromatic rings. The maximum atomic E-state index is 10.2. The van der Waals surface area contributed by atoms with Gasteiger partial charge in [-0.15, -0.1) is 0 Å². The first-order chi connectivity index (χ1) is 8.11. The number of likely N-dealkylation sites (N-methyl/N-ethyl adjacent to an activating group) is 1. The summed E-state index contributed by atoms with van der Waals surface area (Å²) in [6.45, 7) is 1.61. The summed E-state index contributed by atoms with van der Waals surface area (Å²) < 4.78 is 0. The molecule has 17 heavy (non-hydrogen) atoms. The van der Waals surface area contributed by atoms with Crippen LogP contribution in [-0.4, -0.2) is 59.5 Å². The fourth-order valence-electron chi connectivity index (χ4n) is 1.03. The Morgan fingerprint density at radius 3 is 1.88 bits per heavy atom. The largest absolute Gasteiger partial charge is 0.478 e. The van der Waals surface area contributed by atoms with Crippen molar-refractivity contribution in [3.8, 4) is 0 Å². The Balaban J connectivity index is 0.000000304. The molecule has 0 aliphatic rings. The molecule has 0 bridgehead atoms. The van der Waals surface area contributed by atoms with Crippen LogP contribution in [0.2, 0.25) is 0 Å². The van der Waals surface area contributed by atoms with Crippen molar-refractivity contribution < 1.29 is 20.1 Å². The Morgan fingerprint density at radius 1 is 1.12 bits per heavy atom. The van der Waals surface area contributed by atoms with Gasteiger partial charge in [-0.3, -0.25) is 0 Å². The van der Waals surface area contributed by atoms with Crippen molar-refractivity contribution in [2.75, 3.05) is 33.4 Å². The quantitative estimate of drug-likeness (QED) is 0.690. The lowest BCUT2D eigenvalue weighted by atomic mass is 10.2. The number of nitrogens with zero attached hydrogens (tertiary/aromatic N) is 1. The van der Waals surface area contributed by atoms with E-state index in [1.54, 1.807) is 30.3 Å². The molecular formula is C12H19NO4. The van der Waals surface area contributed by atoms with Crippen molar-refractivity contribution >= 4 is 5.97 Å². The third-order valence-electron chi connectivity index (χ3n) is 1.98. The number of aliphatic hydroxyl groups is 2. The maximum Gasteiger partial charge on any atom is 0.335 e. The Morgan fingerprint density at radius 2 is 1.59 bits per heavy atom. The zero-order valence-electron chi connectivity index (χ0n) is 9.91. The molecule has 0 saturated carbocycles. The van der Waals surface area contributed by atoms with E-state index in [-0.39, 0.29) is 13.2 Å². The highest BCUT2D eigenvalue weighted by molar-refractivity contribution is 5.87. The van der Waals surface area contributed by atoms with E-state index >= 15 is 0 Å². The molecule has 1 aromatic carbocycles. The van der Waals surface area contributed by atoms with E-state index in [4.69, 9.17) is 15.3 Å². The second-order valence-electron chi connectivity index (χ2n) is 3.42. The number of hydrogen-bond acceptors (Lipinski definition) is 4. The van der Waals surface area contributed by atoms with Crippen LogP contribution >= 0.6 is 0 Å². The van der Waals surface area contributed by atoms with Crippen LogP contribution in [0, 0.1) is 0 Å². The Labute approximate surface area is 101 Å². The first-order valence-corrected chi connectivity index (χ1v) is 5.30. The third kappa shape index (κ3) is 8.38. The van der Waals surface area contributed by atoms with Crippen LogP contribution in [0.3, 0.4) is 0 Å². The van der Waals surface area contributed by atoms with Crippen LogP contribution < -0.4 is 0 Å². The third-order valence-corrected chi connectivity index (χ3v) is 1.98. The fourth-order valence-corrected chi connectivity index (χ4v) is 1.03. The van der Waals surface area contributed by atoms with Crippen LogP contribution in [0.15, 0.2) is 30.3 Å². The van der Waals surface area contributed by atoms with Crippen LogP contribution in [0.5, 0.6) is 0 Å². The van der Waals surface area contributed by atoms with Crippen molar-refractivity contribution in [2.45, 2.75) is 0 Å². The summed E-state index contributed by atoms with van der Waals surface area (Å²) in [5.74, 6) is -0.879. The lowest BCUT2D eigenvalue weighted by Crippen LogP contribution is -2.25. The first-order valence-electron chi connectivity index (χ1n) is 5.30. The average Bonchev–Trinajstić information content (AvgIpc) is 2.32. The van der Waals surface area contributed by atoms with Crippen LogP contribution in [0.1, 0.15) is 10.4 Å². The summed E-state index contributed by atoms with van der Waals surface area (Å²) in [6, 6.07) is 8.30. The van der Waals surface area contributed by atoms with Gasteiger partial charge in [0.25, 0.3) is 0 Å². The van der Waals surface area contributed by atoms with E-state index in [1.165, 1.54) is 0 Å². The second kappa shape index (κ2) is 9.77. The summed E-state index contributed by atoms with van der Waals surface area (Å²) in [6.07, 6.45) is 0. The molecule has 5 heteroatoms. The van der Waals surface area contributed by atoms with Crippen molar-refractivity contribution in [3.05, 3.63) is 35.9 Å². The van der Waals surface area contributed by atoms with Crippen LogP contribution in [0.25, 0.3) is 0 Å². The highest BCUT2D eigenvalue weighted by Gasteiger charge is 1.96. The molecule has 0 aliphatic heterocycles. The molecule has 1 rings (SSSR count). The Hall–Kier alpha value is -1.43. The van der Waals surface area contributed by atoms with Gasteiger partial charge in [0, 0.05) is 13.1 Å². The van der Waals surface area contributed by atoms with Crippen LogP contribution in [-0.2, 0) is 0 Å². The highest BCUT2D eigenvalue weighted by Crippen LogP contribution is 1.96. The van der Waals surface area contributed by atoms with Gasteiger partial charge in [0.05, 0.1) is 18.8 Å². The number of hydrogen-bond donors (Lipinski definition) is 3. The second-order valence-corrected chi connectivity index (χ2v) is 3.42. The minimum atomic E-state index is -0.879. The molecule has 0 fully saturated rings. The van der Waals surface area contributed by atoms with Gasteiger partial charge in [-0.2, -0.15) is 0 Å². The van der Waals surface area contributed by atoms with Gasteiger partial charge in [-0.25, -0.2) is 4.79 Å². The molecule has 0 saturated heterocycles. The van der Waals surface area contributed by atoms with E-state index in [0.717, 1.165) is 0 Å². The summed E-state index contributed by atoms with van der Waals surface area (Å²) in [4.78, 5) is 12.1. The van der Waals surface area contributed by atoms with Gasteiger partial charge in [0.1, 0.15) is 0 Å². The number of carboxylic acids is 1. The normalized spacial score (nSPS) is 9.65. The fraction of sp³-hybridized carbons (Fsp3) is 0.417. The van der Waals surface area contributed by atoms with E-state index in [0.29, 0.717) is 18.7 Å². The van der Waals surface area contributed by atoms with Gasteiger partial charge in [0.15, 0.2) is 0 Å². The standard InChI is InChI=1S/C7H6O2.C5H13NO2/c8-7(9)6-4-2-1-3-5-6;1-6(2-4-7)3-5-8/h1-5H,(H,8,9);7-8H,2-5H2,1H3. The molecule has 0 amide bonds. The monoisotopic (exact) mass is 241 g/mol. The Kier molecular flexibility index (Phi) is 8.95. The predicted molar refractivity (Wildman–Crippen MR) is 65.1 cm³/mol. The van der Waals surface area contributed by atoms with Gasteiger partial charge >= 0.3 is 5.97 Å². The molecule has 0 spiro atoms. The molecule has 0 aliphatic carbocycles. The van der Waals surface area contributed by atoms with E-state index < -0.39 is 5.97 Å². The minimum Gasteiger partial charge on any atom is -0.478 e. The number of aliphatic hydroxyl groups excluding tert-OH is 2. The predicted octanol–water partition coefficient (Wildman–Crippen LogP) is 0.288. The van der Waals surface area contributed by atoms with Crippen molar-refractivity contribution in [2.24, 2.45) is 0 Å². The number of carbonyl (C=O) groups is 1. The zero-order chi connectivity index (χ0) is 13.1. The first kappa shape index (κ1) is 15.6. The molecule has 0 aromatic heterocycles. The molecule has 5 nitrogen and oxygen atoms in total. The zero-order valence-corrected chi connectivity index (χ0v) is 9.91. The lowest BCUT2D eigenvalue weighted by Gasteiger charge is -2.11. The van der Waals surface area contributed by atoms with Crippen molar-refractivity contribution in [1.82, 2.24) is 4.90 Å². The van der Waals surface area contributed by atoms with Crippen molar-refractivity contribution in [3.63, 3.8) is 0 Å². The molecule has 0 heterocycles.